The highest BCUT2D eigenvalue weighted by Crippen LogP contribution is 2.59. The second-order valence-corrected chi connectivity index (χ2v) is 18.4. The zero-order valence-electron chi connectivity index (χ0n) is 29.3. The van der Waals surface area contributed by atoms with Crippen LogP contribution in [0.5, 0.6) is 11.5 Å². The fourth-order valence-electron chi connectivity index (χ4n) is 8.39. The smallest absolute Gasteiger partial charge is 0.266 e. The molecule has 3 aliphatic heterocycles. The highest BCUT2D eigenvalue weighted by molar-refractivity contribution is 6.71. The second kappa shape index (κ2) is 13.1. The van der Waals surface area contributed by atoms with Crippen molar-refractivity contribution in [2.45, 2.75) is 63.2 Å². The van der Waals surface area contributed by atoms with E-state index in [1.165, 1.54) is 0 Å². The number of aliphatic hydroxyl groups is 1. The Balaban J connectivity index is 1.08. The Kier molecular flexibility index (Phi) is 8.57. The highest BCUT2D eigenvalue weighted by Gasteiger charge is 2.66. The van der Waals surface area contributed by atoms with Gasteiger partial charge in [-0.3, -0.25) is 19.2 Å². The SMILES string of the molecule is C[C@@H]1[C@@H]([Si](C)(C)O)[C@H](CCn2cc(CCO)nn2)O[C@@]12C(=O)N(Cc1ccc(N3C(=O)c4ccccc4Oc4ccccc43)cc1)c1ccccc12. The summed E-state index contributed by atoms with van der Waals surface area (Å²) in [6.07, 6.45) is 2.40. The standard InChI is InChI=1S/C40H41N5O6Si/c1-26-37(52(2,3)49)36(20-22-43-25-28(21-23-46)41-42-43)51-40(26)31-11-5-6-12-32(31)44(39(40)48)24-27-16-18-29(19-17-27)45-33-13-7-9-15-35(33)50-34-14-8-4-10-30(34)38(45)47/h4-19,25-26,36-37,46,49H,20-24H2,1-3H3/t26-,36+,37-,40+/m1/s1. The van der Waals surface area contributed by atoms with Crippen molar-refractivity contribution < 1.29 is 29.0 Å². The van der Waals surface area contributed by atoms with Gasteiger partial charge in [0.05, 0.1) is 35.3 Å². The Morgan fingerprint density at radius 1 is 0.885 bits per heavy atom. The number of rotatable bonds is 9. The maximum absolute atomic E-state index is 14.8. The van der Waals surface area contributed by atoms with Gasteiger partial charge in [-0.2, -0.15) is 0 Å². The zero-order chi connectivity index (χ0) is 36.2. The molecule has 52 heavy (non-hydrogen) atoms. The monoisotopic (exact) mass is 715 g/mol. The quantitative estimate of drug-likeness (QED) is 0.169. The minimum absolute atomic E-state index is 0.00387. The van der Waals surface area contributed by atoms with Gasteiger partial charge < -0.3 is 24.3 Å². The van der Waals surface area contributed by atoms with Gasteiger partial charge in [0.15, 0.2) is 19.7 Å². The van der Waals surface area contributed by atoms with Crippen LogP contribution in [-0.2, 0) is 34.6 Å². The third kappa shape index (κ3) is 5.62. The van der Waals surface area contributed by atoms with Crippen LogP contribution in [0.3, 0.4) is 0 Å². The van der Waals surface area contributed by atoms with Crippen molar-refractivity contribution in [2.24, 2.45) is 5.92 Å². The number of carbonyl (C=O) groups is 2. The summed E-state index contributed by atoms with van der Waals surface area (Å²) in [6.45, 7) is 6.67. The van der Waals surface area contributed by atoms with Crippen LogP contribution in [-0.4, -0.2) is 57.7 Å². The van der Waals surface area contributed by atoms with Crippen molar-refractivity contribution in [1.82, 2.24) is 15.0 Å². The lowest BCUT2D eigenvalue weighted by atomic mass is 9.82. The van der Waals surface area contributed by atoms with E-state index in [0.717, 1.165) is 16.8 Å². The number of para-hydroxylation sites is 4. The molecule has 1 fully saturated rings. The van der Waals surface area contributed by atoms with Gasteiger partial charge in [-0.1, -0.05) is 66.7 Å². The Morgan fingerprint density at radius 3 is 2.33 bits per heavy atom. The lowest BCUT2D eigenvalue weighted by molar-refractivity contribution is -0.146. The van der Waals surface area contributed by atoms with Crippen LogP contribution >= 0.6 is 0 Å². The van der Waals surface area contributed by atoms with Crippen LogP contribution in [0.4, 0.5) is 17.1 Å². The zero-order valence-corrected chi connectivity index (χ0v) is 30.3. The molecule has 0 aliphatic carbocycles. The van der Waals surface area contributed by atoms with Crippen LogP contribution in [0.15, 0.2) is 103 Å². The highest BCUT2D eigenvalue weighted by atomic mass is 28.4. The second-order valence-electron chi connectivity index (χ2n) is 14.4. The summed E-state index contributed by atoms with van der Waals surface area (Å²) < 4.78 is 14.9. The Hall–Kier alpha value is -5.14. The van der Waals surface area contributed by atoms with E-state index in [9.17, 15) is 19.5 Å². The van der Waals surface area contributed by atoms with Crippen molar-refractivity contribution in [2.75, 3.05) is 16.4 Å². The molecule has 3 aliphatic rings. The molecular formula is C40H41N5O6Si. The van der Waals surface area contributed by atoms with Crippen LogP contribution in [0.1, 0.15) is 40.5 Å². The van der Waals surface area contributed by atoms with Gasteiger partial charge in [0.1, 0.15) is 5.75 Å². The Bertz CT molecular complexity index is 2150. The summed E-state index contributed by atoms with van der Waals surface area (Å²) in [5, 5.41) is 17.6. The summed E-state index contributed by atoms with van der Waals surface area (Å²) in [4.78, 5) is 43.9. The summed E-state index contributed by atoms with van der Waals surface area (Å²) in [5.41, 5.74) is 3.51. The van der Waals surface area contributed by atoms with Gasteiger partial charge in [0.25, 0.3) is 11.8 Å². The topological polar surface area (TPSA) is 130 Å². The van der Waals surface area contributed by atoms with Crippen molar-refractivity contribution >= 4 is 37.2 Å². The van der Waals surface area contributed by atoms with Gasteiger partial charge >= 0.3 is 0 Å². The first-order valence-electron chi connectivity index (χ1n) is 17.7. The van der Waals surface area contributed by atoms with Crippen molar-refractivity contribution in [3.8, 4) is 11.5 Å². The lowest BCUT2D eigenvalue weighted by Gasteiger charge is -2.32. The molecule has 1 saturated heterocycles. The fraction of sp³-hybridized carbons (Fsp3) is 0.300. The third-order valence-electron chi connectivity index (χ3n) is 10.7. The van der Waals surface area contributed by atoms with E-state index >= 15 is 0 Å². The summed E-state index contributed by atoms with van der Waals surface area (Å²) in [5.74, 6) is 0.459. The third-order valence-corrected chi connectivity index (χ3v) is 13.2. The maximum atomic E-state index is 14.8. The number of aryl methyl sites for hydroxylation is 1. The Morgan fingerprint density at radius 2 is 1.58 bits per heavy atom. The predicted molar refractivity (Wildman–Crippen MR) is 198 cm³/mol. The van der Waals surface area contributed by atoms with E-state index in [1.54, 1.807) is 26.6 Å². The van der Waals surface area contributed by atoms with Gasteiger partial charge in [-0.25, -0.2) is 0 Å². The normalized spacial score (nSPS) is 22.3. The van der Waals surface area contributed by atoms with Crippen LogP contribution in [0.25, 0.3) is 0 Å². The largest absolute Gasteiger partial charge is 0.454 e. The van der Waals surface area contributed by atoms with Gasteiger partial charge in [-0.15, -0.1) is 5.10 Å². The first-order valence-corrected chi connectivity index (χ1v) is 20.7. The minimum Gasteiger partial charge on any atom is -0.454 e. The first kappa shape index (κ1) is 34.0. The van der Waals surface area contributed by atoms with E-state index in [2.05, 4.69) is 10.3 Å². The average Bonchev–Trinajstić information content (AvgIpc) is 3.76. The van der Waals surface area contributed by atoms with Crippen molar-refractivity contribution in [3.63, 3.8) is 0 Å². The molecule has 0 radical (unpaired) electrons. The molecule has 0 unspecified atom stereocenters. The van der Waals surface area contributed by atoms with E-state index in [1.807, 2.05) is 111 Å². The number of hydrogen-bond acceptors (Lipinski definition) is 8. The molecule has 0 bridgehead atoms. The lowest BCUT2D eigenvalue weighted by Crippen LogP contribution is -2.46. The van der Waals surface area contributed by atoms with Crippen LogP contribution < -0.4 is 14.5 Å². The Labute approximate surface area is 303 Å². The predicted octanol–water partition coefficient (Wildman–Crippen LogP) is 6.33. The summed E-state index contributed by atoms with van der Waals surface area (Å²) >= 11 is 0. The average molecular weight is 716 g/mol. The van der Waals surface area contributed by atoms with Crippen LogP contribution in [0.2, 0.25) is 18.6 Å². The fourth-order valence-corrected chi connectivity index (χ4v) is 11.0. The number of aliphatic hydroxyl groups excluding tert-OH is 1. The molecule has 2 amide bonds. The molecule has 4 heterocycles. The van der Waals surface area contributed by atoms with Crippen LogP contribution in [0, 0.1) is 5.92 Å². The molecule has 12 heteroatoms. The number of fused-ring (bicyclic) bond motifs is 4. The number of anilines is 3. The van der Waals surface area contributed by atoms with E-state index in [-0.39, 0.29) is 36.0 Å². The molecule has 4 atom stereocenters. The number of carbonyl (C=O) groups excluding carboxylic acids is 2. The number of hydrogen-bond donors (Lipinski definition) is 2. The summed E-state index contributed by atoms with van der Waals surface area (Å²) in [6, 6.07) is 30.2. The number of aromatic nitrogens is 3. The van der Waals surface area contributed by atoms with Crippen molar-refractivity contribution in [1.29, 1.82) is 0 Å². The molecule has 1 spiro atoms. The first-order chi connectivity index (χ1) is 25.1. The van der Waals surface area contributed by atoms with E-state index in [0.29, 0.717) is 60.1 Å². The molecule has 4 aromatic carbocycles. The molecular weight excluding hydrogens is 675 g/mol. The molecule has 11 nitrogen and oxygen atoms in total. The van der Waals surface area contributed by atoms with Gasteiger partial charge in [-0.05, 0) is 67.5 Å². The van der Waals surface area contributed by atoms with E-state index < -0.39 is 13.9 Å². The molecule has 8 rings (SSSR count). The molecule has 0 saturated carbocycles. The van der Waals surface area contributed by atoms with Crippen molar-refractivity contribution in [3.05, 3.63) is 126 Å². The van der Waals surface area contributed by atoms with Gasteiger partial charge in [0.2, 0.25) is 0 Å². The minimum atomic E-state index is -2.83. The maximum Gasteiger partial charge on any atom is 0.266 e. The summed E-state index contributed by atoms with van der Waals surface area (Å²) in [7, 11) is -2.83. The van der Waals surface area contributed by atoms with E-state index in [4.69, 9.17) is 9.47 Å². The number of nitrogens with zero attached hydrogens (tertiary/aromatic N) is 5. The molecule has 2 N–H and O–H groups in total. The number of ether oxygens (including phenoxy) is 2. The molecule has 266 valence electrons. The number of benzene rings is 4. The molecule has 5 aromatic rings. The number of amides is 2. The molecule has 1 aromatic heterocycles. The van der Waals surface area contributed by atoms with Gasteiger partial charge in [0, 0.05) is 48.5 Å².